The van der Waals surface area contributed by atoms with Crippen molar-refractivity contribution in [3.8, 4) is 0 Å². The summed E-state index contributed by atoms with van der Waals surface area (Å²) in [6.07, 6.45) is 0. The molecule has 0 atom stereocenters. The number of hydrogen-bond acceptors (Lipinski definition) is 2. The average molecular weight is 178 g/mol. The van der Waals surface area contributed by atoms with Crippen LogP contribution in [0.25, 0.3) is 0 Å². The van der Waals surface area contributed by atoms with E-state index in [0.29, 0.717) is 0 Å². The van der Waals surface area contributed by atoms with Crippen LogP contribution in [-0.2, 0) is 0 Å². The van der Waals surface area contributed by atoms with Gasteiger partial charge in [-0.25, -0.2) is 0 Å². The van der Waals surface area contributed by atoms with Gasteiger partial charge in [-0.3, -0.25) is 17.0 Å². The quantitative estimate of drug-likeness (QED) is 0.183. The molecular weight excluding hydrogens is 174 g/mol. The van der Waals surface area contributed by atoms with Crippen LogP contribution in [0.1, 0.15) is 0 Å². The summed E-state index contributed by atoms with van der Waals surface area (Å²) in [5.74, 6) is 0. The topological polar surface area (TPSA) is 43.1 Å². The largest absolute Gasteiger partial charge is 2.00 e. The van der Waals surface area contributed by atoms with E-state index in [1.807, 2.05) is 0 Å². The molecule has 0 spiro atoms. The van der Waals surface area contributed by atoms with Crippen LogP contribution in [0.4, 0.5) is 0 Å². The van der Waals surface area contributed by atoms with Crippen LogP contribution < -0.4 is 17.0 Å². The summed E-state index contributed by atoms with van der Waals surface area (Å²) < 4.78 is 0. The Morgan fingerprint density at radius 3 is 1.86 bits per heavy atom. The molecule has 0 amide bonds. The van der Waals surface area contributed by atoms with Gasteiger partial charge in [0.1, 0.15) is 0 Å². The second kappa shape index (κ2) is 9.82. The normalized spacial score (nSPS) is 5.29. The zero-order valence-corrected chi connectivity index (χ0v) is 6.76. The summed E-state index contributed by atoms with van der Waals surface area (Å²) in [4.78, 5) is 8.62. The molecule has 38 valence electrons. The number of hydrogen-bond donors (Lipinski definition) is 0. The SMILES string of the molecule is [Br-].[CH2-]C[N+](=O)[O-].[Mg+2]. The summed E-state index contributed by atoms with van der Waals surface area (Å²) in [6, 6.07) is 0. The Bertz CT molecular complexity index is 51.0. The minimum Gasteiger partial charge on any atom is -1.00 e. The van der Waals surface area contributed by atoms with Crippen LogP contribution in [0, 0.1) is 17.0 Å². The van der Waals surface area contributed by atoms with Crippen molar-refractivity contribution in [1.29, 1.82) is 0 Å². The molecule has 0 aliphatic heterocycles. The molecule has 0 unspecified atom stereocenters. The fourth-order valence-corrected chi connectivity index (χ4v) is 0. The van der Waals surface area contributed by atoms with Crippen LogP contribution in [0.3, 0.4) is 0 Å². The van der Waals surface area contributed by atoms with Gasteiger partial charge in [0.15, 0.2) is 0 Å². The van der Waals surface area contributed by atoms with Gasteiger partial charge in [-0.1, -0.05) is 0 Å². The monoisotopic (exact) mass is 177 g/mol. The van der Waals surface area contributed by atoms with E-state index in [0.717, 1.165) is 0 Å². The summed E-state index contributed by atoms with van der Waals surface area (Å²) in [5, 5.41) is 9.11. The average Bonchev–Trinajstić information content (AvgIpc) is 1.38. The molecule has 0 bridgehead atoms. The maximum absolute atomic E-state index is 9.11. The van der Waals surface area contributed by atoms with Crippen molar-refractivity contribution < 1.29 is 21.9 Å². The van der Waals surface area contributed by atoms with Crippen LogP contribution in [0.5, 0.6) is 0 Å². The van der Waals surface area contributed by atoms with E-state index in [2.05, 4.69) is 6.92 Å². The van der Waals surface area contributed by atoms with Crippen molar-refractivity contribution in [3.05, 3.63) is 17.0 Å². The molecule has 0 saturated carbocycles. The van der Waals surface area contributed by atoms with Gasteiger partial charge in [-0.15, -0.1) is 0 Å². The van der Waals surface area contributed by atoms with Gasteiger partial charge in [-0.2, -0.15) is 0 Å². The van der Waals surface area contributed by atoms with Crippen LogP contribution >= 0.6 is 0 Å². The van der Waals surface area contributed by atoms with E-state index >= 15 is 0 Å². The molecule has 7 heavy (non-hydrogen) atoms. The van der Waals surface area contributed by atoms with Gasteiger partial charge in [0.05, 0.1) is 6.54 Å². The molecule has 0 N–H and O–H groups in total. The van der Waals surface area contributed by atoms with Gasteiger partial charge in [0.25, 0.3) is 0 Å². The van der Waals surface area contributed by atoms with E-state index in [1.54, 1.807) is 0 Å². The van der Waals surface area contributed by atoms with Gasteiger partial charge >= 0.3 is 23.1 Å². The Morgan fingerprint density at radius 1 is 1.71 bits per heavy atom. The first-order chi connectivity index (χ1) is 2.27. The van der Waals surface area contributed by atoms with Crippen LogP contribution in [0.2, 0.25) is 0 Å². The summed E-state index contributed by atoms with van der Waals surface area (Å²) in [7, 11) is 0. The van der Waals surface area contributed by atoms with Gasteiger partial charge in [0.2, 0.25) is 0 Å². The predicted octanol–water partition coefficient (Wildman–Crippen LogP) is -3.28. The minimum absolute atomic E-state index is 0. The van der Waals surface area contributed by atoms with Gasteiger partial charge < -0.3 is 17.0 Å². The van der Waals surface area contributed by atoms with Crippen molar-refractivity contribution in [2.45, 2.75) is 0 Å². The van der Waals surface area contributed by atoms with Gasteiger partial charge in [-0.05, 0) is 4.92 Å². The summed E-state index contributed by atoms with van der Waals surface area (Å²) >= 11 is 0. The standard InChI is InChI=1S/C2H4NO2.BrH.Mg/c1-2-3(4)5;;/h1-2H2;1H;/q-1;;+2/p-1. The molecule has 0 aromatic carbocycles. The third kappa shape index (κ3) is 20.5. The number of halogens is 1. The maximum atomic E-state index is 9.11. The Hall–Kier alpha value is 0.646. The molecular formula is C2H4BrMgNO2. The Balaban J connectivity index is -0.0000000800. The molecule has 0 aromatic heterocycles. The molecule has 0 saturated heterocycles. The summed E-state index contributed by atoms with van der Waals surface area (Å²) in [5.41, 5.74) is 0. The van der Waals surface area contributed by atoms with Crippen molar-refractivity contribution in [1.82, 2.24) is 0 Å². The zero-order valence-electron chi connectivity index (χ0n) is 3.76. The number of rotatable bonds is 1. The molecule has 0 aliphatic rings. The molecule has 0 heterocycles. The molecule has 5 heteroatoms. The second-order valence-corrected chi connectivity index (χ2v) is 0.556. The van der Waals surface area contributed by atoms with E-state index < -0.39 is 4.92 Å². The van der Waals surface area contributed by atoms with E-state index in [9.17, 15) is 0 Å². The molecule has 0 radical (unpaired) electrons. The van der Waals surface area contributed by atoms with Crippen LogP contribution in [0.15, 0.2) is 0 Å². The number of nitro groups is 1. The first kappa shape index (κ1) is 15.6. The van der Waals surface area contributed by atoms with Crippen molar-refractivity contribution in [2.75, 3.05) is 6.54 Å². The maximum Gasteiger partial charge on any atom is 2.00 e. The van der Waals surface area contributed by atoms with E-state index in [-0.39, 0.29) is 46.6 Å². The summed E-state index contributed by atoms with van der Waals surface area (Å²) in [6.45, 7) is 2.76. The van der Waals surface area contributed by atoms with Crippen molar-refractivity contribution in [2.24, 2.45) is 0 Å². The zero-order chi connectivity index (χ0) is 4.28. The third-order valence-electron chi connectivity index (χ3n) is 0.183. The third-order valence-corrected chi connectivity index (χ3v) is 0.183. The fraction of sp³-hybridized carbons (Fsp3) is 0.500. The molecule has 0 aromatic rings. The second-order valence-electron chi connectivity index (χ2n) is 0.556. The Labute approximate surface area is 68.5 Å². The van der Waals surface area contributed by atoms with Gasteiger partial charge in [0, 0.05) is 0 Å². The first-order valence-corrected chi connectivity index (χ1v) is 1.18. The molecule has 0 rings (SSSR count). The molecule has 0 aliphatic carbocycles. The van der Waals surface area contributed by atoms with Crippen molar-refractivity contribution >= 4 is 23.1 Å². The minimum atomic E-state index is -0.486. The Kier molecular flexibility index (Phi) is 21.9. The fourth-order valence-electron chi connectivity index (χ4n) is 0. The Morgan fingerprint density at radius 2 is 1.86 bits per heavy atom. The van der Waals surface area contributed by atoms with Crippen molar-refractivity contribution in [3.63, 3.8) is 0 Å². The molecule has 3 nitrogen and oxygen atoms in total. The van der Waals surface area contributed by atoms with E-state index in [4.69, 9.17) is 10.1 Å². The molecule has 0 fully saturated rings. The smallest absolute Gasteiger partial charge is 1.00 e. The van der Waals surface area contributed by atoms with Crippen LogP contribution in [-0.4, -0.2) is 34.5 Å². The van der Waals surface area contributed by atoms with E-state index in [1.165, 1.54) is 0 Å². The first-order valence-electron chi connectivity index (χ1n) is 1.18. The number of nitrogens with zero attached hydrogens (tertiary/aromatic N) is 1. The predicted molar refractivity (Wildman–Crippen MR) is 23.0 cm³/mol.